The zero-order chi connectivity index (χ0) is 20.3. The SMILES string of the molecule is CCN(CC)S(=O)(=O)c1ccc(-c2nc(C#N)c(N3CCC(C)CC3)o2)cc1. The zero-order valence-corrected chi connectivity index (χ0v) is 17.4. The molecule has 150 valence electrons. The molecule has 0 unspecified atom stereocenters. The van der Waals surface area contributed by atoms with Crippen LogP contribution in [-0.2, 0) is 10.0 Å². The van der Waals surface area contributed by atoms with Gasteiger partial charge >= 0.3 is 0 Å². The van der Waals surface area contributed by atoms with Gasteiger partial charge < -0.3 is 9.32 Å². The van der Waals surface area contributed by atoms with Crippen LogP contribution in [0.15, 0.2) is 33.6 Å². The summed E-state index contributed by atoms with van der Waals surface area (Å²) in [5.74, 6) is 1.51. The second-order valence-corrected chi connectivity index (χ2v) is 9.01. The van der Waals surface area contributed by atoms with E-state index in [1.165, 1.54) is 4.31 Å². The molecule has 1 aromatic heterocycles. The van der Waals surface area contributed by atoms with E-state index in [1.807, 2.05) is 13.8 Å². The molecular weight excluding hydrogens is 376 g/mol. The molecule has 0 aliphatic carbocycles. The molecule has 1 fully saturated rings. The van der Waals surface area contributed by atoms with Gasteiger partial charge in [0.2, 0.25) is 27.5 Å². The van der Waals surface area contributed by atoms with Crippen LogP contribution >= 0.6 is 0 Å². The second kappa shape index (κ2) is 8.33. The number of nitrogens with zero attached hydrogens (tertiary/aromatic N) is 4. The lowest BCUT2D eigenvalue weighted by Crippen LogP contribution is -2.32. The number of hydrogen-bond acceptors (Lipinski definition) is 6. The smallest absolute Gasteiger partial charge is 0.243 e. The number of oxazole rings is 1. The third-order valence-electron chi connectivity index (χ3n) is 5.23. The minimum atomic E-state index is -3.51. The highest BCUT2D eigenvalue weighted by molar-refractivity contribution is 7.89. The lowest BCUT2D eigenvalue weighted by molar-refractivity contribution is 0.418. The first-order valence-electron chi connectivity index (χ1n) is 9.67. The fourth-order valence-corrected chi connectivity index (χ4v) is 4.87. The Hall–Kier alpha value is -2.37. The van der Waals surface area contributed by atoms with Gasteiger partial charge in [0.15, 0.2) is 0 Å². The Bertz CT molecular complexity index is 948. The van der Waals surface area contributed by atoms with Gasteiger partial charge in [-0.3, -0.25) is 0 Å². The Morgan fingerprint density at radius 1 is 1.21 bits per heavy atom. The number of nitriles is 1. The van der Waals surface area contributed by atoms with Crippen molar-refractivity contribution in [2.75, 3.05) is 31.1 Å². The Balaban J connectivity index is 1.88. The number of piperidine rings is 1. The molecule has 0 saturated carbocycles. The van der Waals surface area contributed by atoms with Crippen LogP contribution in [0.2, 0.25) is 0 Å². The second-order valence-electron chi connectivity index (χ2n) is 7.07. The Morgan fingerprint density at radius 3 is 2.36 bits per heavy atom. The monoisotopic (exact) mass is 402 g/mol. The summed E-state index contributed by atoms with van der Waals surface area (Å²) in [4.78, 5) is 6.62. The molecule has 1 aliphatic heterocycles. The summed E-state index contributed by atoms with van der Waals surface area (Å²) >= 11 is 0. The molecule has 7 nitrogen and oxygen atoms in total. The molecule has 0 atom stereocenters. The maximum Gasteiger partial charge on any atom is 0.243 e. The van der Waals surface area contributed by atoms with Crippen molar-refractivity contribution < 1.29 is 12.8 Å². The minimum Gasteiger partial charge on any atom is -0.419 e. The fourth-order valence-electron chi connectivity index (χ4n) is 3.42. The lowest BCUT2D eigenvalue weighted by Gasteiger charge is -2.29. The normalized spacial score (nSPS) is 15.8. The highest BCUT2D eigenvalue weighted by Crippen LogP contribution is 2.31. The van der Waals surface area contributed by atoms with Gasteiger partial charge in [-0.1, -0.05) is 20.8 Å². The van der Waals surface area contributed by atoms with E-state index in [9.17, 15) is 13.7 Å². The number of hydrogen-bond donors (Lipinski definition) is 0. The van der Waals surface area contributed by atoms with Gasteiger partial charge in [0.1, 0.15) is 6.07 Å². The Kier molecular flexibility index (Phi) is 6.06. The summed E-state index contributed by atoms with van der Waals surface area (Å²) in [6.45, 7) is 8.37. The van der Waals surface area contributed by atoms with E-state index in [4.69, 9.17) is 4.42 Å². The third-order valence-corrected chi connectivity index (χ3v) is 7.29. The quantitative estimate of drug-likeness (QED) is 0.735. The van der Waals surface area contributed by atoms with E-state index >= 15 is 0 Å². The molecule has 0 bridgehead atoms. The zero-order valence-electron chi connectivity index (χ0n) is 16.6. The van der Waals surface area contributed by atoms with Crippen molar-refractivity contribution >= 4 is 15.9 Å². The van der Waals surface area contributed by atoms with Gasteiger partial charge in [0, 0.05) is 31.7 Å². The molecule has 0 radical (unpaired) electrons. The van der Waals surface area contributed by atoms with Crippen LogP contribution in [0.4, 0.5) is 5.88 Å². The minimum absolute atomic E-state index is 0.234. The summed E-state index contributed by atoms with van der Waals surface area (Å²) in [7, 11) is -3.51. The van der Waals surface area contributed by atoms with Crippen LogP contribution < -0.4 is 4.90 Å². The molecule has 8 heteroatoms. The van der Waals surface area contributed by atoms with Crippen molar-refractivity contribution in [3.8, 4) is 17.5 Å². The first-order chi connectivity index (χ1) is 13.4. The molecule has 0 spiro atoms. The highest BCUT2D eigenvalue weighted by Gasteiger charge is 2.25. The van der Waals surface area contributed by atoms with Gasteiger partial charge in [0.25, 0.3) is 0 Å². The van der Waals surface area contributed by atoms with E-state index in [-0.39, 0.29) is 10.6 Å². The predicted octanol–water partition coefficient (Wildman–Crippen LogP) is 3.48. The molecule has 1 aromatic carbocycles. The van der Waals surface area contributed by atoms with E-state index in [1.54, 1.807) is 24.3 Å². The fraction of sp³-hybridized carbons (Fsp3) is 0.500. The van der Waals surface area contributed by atoms with E-state index in [0.717, 1.165) is 25.9 Å². The van der Waals surface area contributed by atoms with Crippen molar-refractivity contribution in [1.29, 1.82) is 5.26 Å². The van der Waals surface area contributed by atoms with Crippen LogP contribution in [0.5, 0.6) is 0 Å². The summed E-state index contributed by atoms with van der Waals surface area (Å²) < 4.78 is 32.6. The standard InChI is InChI=1S/C20H26N4O3S/c1-4-24(5-2)28(25,26)17-8-6-16(7-9-17)19-22-18(14-21)20(27-19)23-12-10-15(3)11-13-23/h6-9,15H,4-5,10-13H2,1-3H3. The highest BCUT2D eigenvalue weighted by atomic mass is 32.2. The van der Waals surface area contributed by atoms with Crippen LogP contribution in [-0.4, -0.2) is 43.9 Å². The first-order valence-corrected chi connectivity index (χ1v) is 11.1. The molecule has 2 heterocycles. The van der Waals surface area contributed by atoms with Gasteiger partial charge in [-0.25, -0.2) is 8.42 Å². The molecule has 1 saturated heterocycles. The topological polar surface area (TPSA) is 90.4 Å². The first kappa shape index (κ1) is 20.4. The third kappa shape index (κ3) is 3.91. The van der Waals surface area contributed by atoms with Crippen molar-refractivity contribution in [3.05, 3.63) is 30.0 Å². The Morgan fingerprint density at radius 2 is 1.82 bits per heavy atom. The molecule has 0 amide bonds. The lowest BCUT2D eigenvalue weighted by atomic mass is 9.99. The van der Waals surface area contributed by atoms with Crippen molar-refractivity contribution in [1.82, 2.24) is 9.29 Å². The van der Waals surface area contributed by atoms with Gasteiger partial charge in [-0.15, -0.1) is 0 Å². The maximum atomic E-state index is 12.6. The van der Waals surface area contributed by atoms with Crippen molar-refractivity contribution in [2.45, 2.75) is 38.5 Å². The maximum absolute atomic E-state index is 12.6. The van der Waals surface area contributed by atoms with E-state index in [0.29, 0.717) is 36.3 Å². The van der Waals surface area contributed by atoms with Crippen molar-refractivity contribution in [3.63, 3.8) is 0 Å². The van der Waals surface area contributed by atoms with Gasteiger partial charge in [-0.05, 0) is 43.0 Å². The number of benzene rings is 1. The van der Waals surface area contributed by atoms with Crippen LogP contribution in [0, 0.1) is 17.2 Å². The van der Waals surface area contributed by atoms with E-state index in [2.05, 4.69) is 22.9 Å². The van der Waals surface area contributed by atoms with Crippen LogP contribution in [0.3, 0.4) is 0 Å². The molecule has 28 heavy (non-hydrogen) atoms. The van der Waals surface area contributed by atoms with Crippen LogP contribution in [0.1, 0.15) is 39.3 Å². The number of sulfonamides is 1. The molecule has 2 aromatic rings. The van der Waals surface area contributed by atoms with Crippen LogP contribution in [0.25, 0.3) is 11.5 Å². The van der Waals surface area contributed by atoms with Crippen molar-refractivity contribution in [2.24, 2.45) is 5.92 Å². The summed E-state index contributed by atoms with van der Waals surface area (Å²) in [5.41, 5.74) is 0.913. The summed E-state index contributed by atoms with van der Waals surface area (Å²) in [6.07, 6.45) is 2.11. The number of aromatic nitrogens is 1. The van der Waals surface area contributed by atoms with E-state index < -0.39 is 10.0 Å². The largest absolute Gasteiger partial charge is 0.419 e. The summed E-state index contributed by atoms with van der Waals surface area (Å²) in [5, 5.41) is 9.44. The molecule has 3 rings (SSSR count). The summed E-state index contributed by atoms with van der Waals surface area (Å²) in [6, 6.07) is 8.57. The number of rotatable bonds is 6. The predicted molar refractivity (Wildman–Crippen MR) is 107 cm³/mol. The average molecular weight is 403 g/mol. The number of anilines is 1. The van der Waals surface area contributed by atoms with Gasteiger partial charge in [-0.2, -0.15) is 14.6 Å². The Labute approximate surface area is 166 Å². The molecular formula is C20H26N4O3S. The van der Waals surface area contributed by atoms with Gasteiger partial charge in [0.05, 0.1) is 4.90 Å². The average Bonchev–Trinajstić information content (AvgIpc) is 3.14. The molecule has 0 N–H and O–H groups in total. The molecule has 1 aliphatic rings.